The molecule has 1 aliphatic carbocycles. The Kier molecular flexibility index (Phi) is 2.93. The Hall–Kier alpha value is -0.860. The zero-order chi connectivity index (χ0) is 11.8. The smallest absolute Gasteiger partial charge is 0.0233 e. The molecule has 2 heteroatoms. The third-order valence-electron chi connectivity index (χ3n) is 4.38. The Morgan fingerprint density at radius 2 is 1.94 bits per heavy atom. The first-order valence-electron chi connectivity index (χ1n) is 6.68. The topological polar surface area (TPSA) is 6.48 Å². The second-order valence-electron chi connectivity index (χ2n) is 5.79. The van der Waals surface area contributed by atoms with Crippen molar-refractivity contribution in [1.82, 2.24) is 9.80 Å². The Labute approximate surface area is 104 Å². The van der Waals surface area contributed by atoms with Crippen molar-refractivity contribution in [2.45, 2.75) is 19.0 Å². The SMILES string of the molecule is CN(C)C1C2CCN(Cc3ccccc3)CC21. The van der Waals surface area contributed by atoms with Gasteiger partial charge in [-0.15, -0.1) is 0 Å². The highest BCUT2D eigenvalue weighted by molar-refractivity contribution is 5.15. The van der Waals surface area contributed by atoms with Crippen molar-refractivity contribution in [3.05, 3.63) is 35.9 Å². The summed E-state index contributed by atoms with van der Waals surface area (Å²) in [4.78, 5) is 5.04. The van der Waals surface area contributed by atoms with Gasteiger partial charge in [-0.1, -0.05) is 30.3 Å². The maximum absolute atomic E-state index is 2.62. The second-order valence-corrected chi connectivity index (χ2v) is 5.79. The lowest BCUT2D eigenvalue weighted by atomic mass is 10.1. The number of hydrogen-bond acceptors (Lipinski definition) is 2. The van der Waals surface area contributed by atoms with Crippen LogP contribution in [0, 0.1) is 11.8 Å². The first-order chi connectivity index (χ1) is 8.25. The highest BCUT2D eigenvalue weighted by Gasteiger charge is 2.53. The minimum Gasteiger partial charge on any atom is -0.306 e. The predicted molar refractivity (Wildman–Crippen MR) is 70.8 cm³/mol. The van der Waals surface area contributed by atoms with Gasteiger partial charge in [-0.3, -0.25) is 4.90 Å². The summed E-state index contributed by atoms with van der Waals surface area (Å²) >= 11 is 0. The van der Waals surface area contributed by atoms with E-state index in [4.69, 9.17) is 0 Å². The molecular formula is C15H22N2. The number of benzene rings is 1. The molecule has 3 unspecified atom stereocenters. The summed E-state index contributed by atoms with van der Waals surface area (Å²) in [5, 5.41) is 0. The predicted octanol–water partition coefficient (Wildman–Crippen LogP) is 2.07. The van der Waals surface area contributed by atoms with Crippen LogP contribution in [0.5, 0.6) is 0 Å². The zero-order valence-corrected chi connectivity index (χ0v) is 10.8. The van der Waals surface area contributed by atoms with Gasteiger partial charge in [0.15, 0.2) is 0 Å². The number of likely N-dealkylation sites (tertiary alicyclic amines) is 1. The fourth-order valence-corrected chi connectivity index (χ4v) is 3.53. The summed E-state index contributed by atoms with van der Waals surface area (Å²) in [5.41, 5.74) is 1.45. The van der Waals surface area contributed by atoms with Gasteiger partial charge in [-0.2, -0.15) is 0 Å². The molecule has 92 valence electrons. The lowest BCUT2D eigenvalue weighted by Gasteiger charge is -2.25. The maximum atomic E-state index is 2.62. The molecule has 1 saturated heterocycles. The van der Waals surface area contributed by atoms with Crippen LogP contribution in [0.3, 0.4) is 0 Å². The Balaban J connectivity index is 1.58. The first-order valence-corrected chi connectivity index (χ1v) is 6.68. The molecule has 2 aliphatic rings. The van der Waals surface area contributed by atoms with Crippen LogP contribution >= 0.6 is 0 Å². The molecule has 0 spiro atoms. The monoisotopic (exact) mass is 230 g/mol. The zero-order valence-electron chi connectivity index (χ0n) is 10.8. The van der Waals surface area contributed by atoms with Crippen LogP contribution in [-0.4, -0.2) is 43.0 Å². The molecule has 1 saturated carbocycles. The Bertz CT molecular complexity index is 374. The molecule has 1 aromatic carbocycles. The third-order valence-corrected chi connectivity index (χ3v) is 4.38. The normalized spacial score (nSPS) is 32.5. The van der Waals surface area contributed by atoms with Gasteiger partial charge in [0.05, 0.1) is 0 Å². The Morgan fingerprint density at radius 1 is 1.18 bits per heavy atom. The van der Waals surface area contributed by atoms with E-state index in [0.717, 1.165) is 24.4 Å². The summed E-state index contributed by atoms with van der Waals surface area (Å²) in [6.45, 7) is 3.70. The molecule has 0 radical (unpaired) electrons. The van der Waals surface area contributed by atoms with Gasteiger partial charge in [-0.05, 0) is 44.5 Å². The van der Waals surface area contributed by atoms with E-state index in [9.17, 15) is 0 Å². The van der Waals surface area contributed by atoms with Crippen LogP contribution in [0.4, 0.5) is 0 Å². The van der Waals surface area contributed by atoms with Crippen molar-refractivity contribution in [3.63, 3.8) is 0 Å². The van der Waals surface area contributed by atoms with Crippen molar-refractivity contribution in [1.29, 1.82) is 0 Å². The van der Waals surface area contributed by atoms with E-state index in [1.807, 2.05) is 0 Å². The summed E-state index contributed by atoms with van der Waals surface area (Å²) in [7, 11) is 4.45. The highest BCUT2D eigenvalue weighted by Crippen LogP contribution is 2.48. The van der Waals surface area contributed by atoms with Gasteiger partial charge >= 0.3 is 0 Å². The molecule has 1 aliphatic heterocycles. The number of fused-ring (bicyclic) bond motifs is 1. The molecule has 1 heterocycles. The number of hydrogen-bond donors (Lipinski definition) is 0. The molecule has 2 nitrogen and oxygen atoms in total. The number of rotatable bonds is 3. The average Bonchev–Trinajstić information content (AvgIpc) is 3.03. The summed E-state index contributed by atoms with van der Waals surface area (Å²) in [5.74, 6) is 1.92. The van der Waals surface area contributed by atoms with Crippen molar-refractivity contribution in [3.8, 4) is 0 Å². The summed E-state index contributed by atoms with van der Waals surface area (Å²) < 4.78 is 0. The van der Waals surface area contributed by atoms with E-state index in [-0.39, 0.29) is 0 Å². The fourth-order valence-electron chi connectivity index (χ4n) is 3.53. The Morgan fingerprint density at radius 3 is 2.65 bits per heavy atom. The molecule has 0 amide bonds. The van der Waals surface area contributed by atoms with Crippen LogP contribution in [0.1, 0.15) is 12.0 Å². The number of piperidine rings is 1. The minimum atomic E-state index is 0.857. The first kappa shape index (κ1) is 11.2. The van der Waals surface area contributed by atoms with Gasteiger partial charge < -0.3 is 4.90 Å². The summed E-state index contributed by atoms with van der Waals surface area (Å²) in [6, 6.07) is 11.7. The largest absolute Gasteiger partial charge is 0.306 e. The van der Waals surface area contributed by atoms with Crippen LogP contribution in [-0.2, 0) is 6.54 Å². The van der Waals surface area contributed by atoms with Crippen LogP contribution in [0.2, 0.25) is 0 Å². The molecule has 0 aromatic heterocycles. The molecule has 3 atom stereocenters. The van der Waals surface area contributed by atoms with Crippen molar-refractivity contribution in [2.24, 2.45) is 11.8 Å². The van der Waals surface area contributed by atoms with E-state index >= 15 is 0 Å². The molecule has 0 bridgehead atoms. The second kappa shape index (κ2) is 4.43. The minimum absolute atomic E-state index is 0.857. The van der Waals surface area contributed by atoms with E-state index in [1.54, 1.807) is 0 Å². The van der Waals surface area contributed by atoms with Gasteiger partial charge in [0.1, 0.15) is 0 Å². The fraction of sp³-hybridized carbons (Fsp3) is 0.600. The van der Waals surface area contributed by atoms with Crippen molar-refractivity contribution in [2.75, 3.05) is 27.2 Å². The van der Waals surface area contributed by atoms with Gasteiger partial charge in [0, 0.05) is 19.1 Å². The molecule has 3 rings (SSSR count). The maximum Gasteiger partial charge on any atom is 0.0233 e. The lowest BCUT2D eigenvalue weighted by molar-refractivity contribution is 0.211. The summed E-state index contributed by atoms with van der Waals surface area (Å²) in [6.07, 6.45) is 1.39. The van der Waals surface area contributed by atoms with Crippen molar-refractivity contribution >= 4 is 0 Å². The molecule has 17 heavy (non-hydrogen) atoms. The highest BCUT2D eigenvalue weighted by atomic mass is 15.2. The standard InChI is InChI=1S/C15H22N2/c1-16(2)15-13-8-9-17(11-14(13)15)10-12-6-4-3-5-7-12/h3-7,13-15H,8-11H2,1-2H3. The molecular weight excluding hydrogens is 208 g/mol. The van der Waals surface area contributed by atoms with Crippen LogP contribution in [0.15, 0.2) is 30.3 Å². The van der Waals surface area contributed by atoms with Gasteiger partial charge in [0.2, 0.25) is 0 Å². The van der Waals surface area contributed by atoms with Crippen molar-refractivity contribution < 1.29 is 0 Å². The lowest BCUT2D eigenvalue weighted by Crippen LogP contribution is -2.31. The van der Waals surface area contributed by atoms with Crippen LogP contribution in [0.25, 0.3) is 0 Å². The third kappa shape index (κ3) is 2.24. The molecule has 1 aromatic rings. The molecule has 0 N–H and O–H groups in total. The van der Waals surface area contributed by atoms with E-state index < -0.39 is 0 Å². The van der Waals surface area contributed by atoms with E-state index in [1.165, 1.54) is 25.1 Å². The molecule has 2 fully saturated rings. The van der Waals surface area contributed by atoms with Crippen LogP contribution < -0.4 is 0 Å². The van der Waals surface area contributed by atoms with Gasteiger partial charge in [-0.25, -0.2) is 0 Å². The van der Waals surface area contributed by atoms with E-state index in [2.05, 4.69) is 54.2 Å². The quantitative estimate of drug-likeness (QED) is 0.784. The van der Waals surface area contributed by atoms with E-state index in [0.29, 0.717) is 0 Å². The van der Waals surface area contributed by atoms with Gasteiger partial charge in [0.25, 0.3) is 0 Å². The number of nitrogens with zero attached hydrogens (tertiary/aromatic N) is 2. The average molecular weight is 230 g/mol.